The lowest BCUT2D eigenvalue weighted by Gasteiger charge is -2.26. The first kappa shape index (κ1) is 16.0. The van der Waals surface area contributed by atoms with Crippen LogP contribution in [0.1, 0.15) is 11.1 Å². The van der Waals surface area contributed by atoms with Crippen LogP contribution in [-0.2, 0) is 17.8 Å². The summed E-state index contributed by atoms with van der Waals surface area (Å²) in [6, 6.07) is 14.8. The standard InChI is InChI=1S/C19H24N2O2/c1-22-19-7-4-16(13-20)12-18(19)17-5-2-15(3-6-17)14-21-8-10-23-11-9-21/h2-7,12H,8-11,13-14,20H2,1H3. The van der Waals surface area contributed by atoms with E-state index in [1.54, 1.807) is 7.11 Å². The quantitative estimate of drug-likeness (QED) is 0.922. The minimum atomic E-state index is 0.534. The van der Waals surface area contributed by atoms with Crippen LogP contribution in [0, 0.1) is 0 Å². The Balaban J connectivity index is 1.78. The second-order valence-electron chi connectivity index (χ2n) is 5.82. The van der Waals surface area contributed by atoms with Gasteiger partial charge in [0.25, 0.3) is 0 Å². The Labute approximate surface area is 137 Å². The van der Waals surface area contributed by atoms with E-state index in [2.05, 4.69) is 35.2 Å². The fraction of sp³-hybridized carbons (Fsp3) is 0.368. The predicted octanol–water partition coefficient (Wildman–Crippen LogP) is 2.65. The summed E-state index contributed by atoms with van der Waals surface area (Å²) < 4.78 is 10.9. The van der Waals surface area contributed by atoms with Crippen molar-refractivity contribution in [1.29, 1.82) is 0 Å². The van der Waals surface area contributed by atoms with Gasteiger partial charge in [-0.1, -0.05) is 30.3 Å². The van der Waals surface area contributed by atoms with Crippen LogP contribution < -0.4 is 10.5 Å². The number of hydrogen-bond donors (Lipinski definition) is 1. The summed E-state index contributed by atoms with van der Waals surface area (Å²) in [5, 5.41) is 0. The fourth-order valence-corrected chi connectivity index (χ4v) is 2.91. The van der Waals surface area contributed by atoms with E-state index in [1.807, 2.05) is 12.1 Å². The van der Waals surface area contributed by atoms with Crippen molar-refractivity contribution < 1.29 is 9.47 Å². The first-order valence-electron chi connectivity index (χ1n) is 8.06. The van der Waals surface area contributed by atoms with Gasteiger partial charge in [0, 0.05) is 31.7 Å². The lowest BCUT2D eigenvalue weighted by molar-refractivity contribution is 0.0342. The van der Waals surface area contributed by atoms with Crippen LogP contribution in [0.4, 0.5) is 0 Å². The van der Waals surface area contributed by atoms with Crippen molar-refractivity contribution in [3.63, 3.8) is 0 Å². The Bertz CT molecular complexity index is 634. The molecule has 1 heterocycles. The molecule has 1 aliphatic heterocycles. The third-order valence-electron chi connectivity index (χ3n) is 4.27. The summed E-state index contributed by atoms with van der Waals surface area (Å²) in [5.74, 6) is 0.878. The predicted molar refractivity (Wildman–Crippen MR) is 92.4 cm³/mol. The Kier molecular flexibility index (Phi) is 5.28. The van der Waals surface area contributed by atoms with Gasteiger partial charge in [0.2, 0.25) is 0 Å². The maximum atomic E-state index is 5.76. The highest BCUT2D eigenvalue weighted by Gasteiger charge is 2.11. The number of methoxy groups -OCH3 is 1. The summed E-state index contributed by atoms with van der Waals surface area (Å²) in [5.41, 5.74) is 10.4. The molecule has 122 valence electrons. The minimum absolute atomic E-state index is 0.534. The van der Waals surface area contributed by atoms with Crippen LogP contribution in [0.3, 0.4) is 0 Å². The van der Waals surface area contributed by atoms with Crippen LogP contribution in [0.2, 0.25) is 0 Å². The molecular weight excluding hydrogens is 288 g/mol. The molecule has 0 saturated carbocycles. The molecule has 3 rings (SSSR count). The monoisotopic (exact) mass is 312 g/mol. The third kappa shape index (κ3) is 3.91. The molecule has 23 heavy (non-hydrogen) atoms. The number of nitrogens with zero attached hydrogens (tertiary/aromatic N) is 1. The third-order valence-corrected chi connectivity index (χ3v) is 4.27. The van der Waals surface area contributed by atoms with Gasteiger partial charge in [-0.2, -0.15) is 0 Å². The van der Waals surface area contributed by atoms with Gasteiger partial charge in [-0.3, -0.25) is 4.90 Å². The van der Waals surface area contributed by atoms with Crippen LogP contribution in [-0.4, -0.2) is 38.3 Å². The Hall–Kier alpha value is -1.88. The summed E-state index contributed by atoms with van der Waals surface area (Å²) in [4.78, 5) is 2.42. The van der Waals surface area contributed by atoms with E-state index < -0.39 is 0 Å². The van der Waals surface area contributed by atoms with E-state index in [4.69, 9.17) is 15.2 Å². The summed E-state index contributed by atoms with van der Waals surface area (Å²) >= 11 is 0. The molecule has 4 nitrogen and oxygen atoms in total. The number of benzene rings is 2. The number of ether oxygens (including phenoxy) is 2. The lowest BCUT2D eigenvalue weighted by Crippen LogP contribution is -2.35. The number of hydrogen-bond acceptors (Lipinski definition) is 4. The summed E-state index contributed by atoms with van der Waals surface area (Å²) in [6.07, 6.45) is 0. The average Bonchev–Trinajstić information content (AvgIpc) is 2.62. The van der Waals surface area contributed by atoms with Crippen molar-refractivity contribution in [1.82, 2.24) is 4.90 Å². The molecule has 2 aromatic rings. The average molecular weight is 312 g/mol. The van der Waals surface area contributed by atoms with Crippen molar-refractivity contribution in [2.75, 3.05) is 33.4 Å². The number of nitrogens with two attached hydrogens (primary N) is 1. The first-order valence-corrected chi connectivity index (χ1v) is 8.06. The molecule has 0 aliphatic carbocycles. The lowest BCUT2D eigenvalue weighted by atomic mass is 10.0. The molecule has 0 spiro atoms. The van der Waals surface area contributed by atoms with Gasteiger partial charge >= 0.3 is 0 Å². The topological polar surface area (TPSA) is 47.7 Å². The molecular formula is C19H24N2O2. The molecule has 2 aromatic carbocycles. The number of rotatable bonds is 5. The van der Waals surface area contributed by atoms with Crippen molar-refractivity contribution in [2.24, 2.45) is 5.73 Å². The summed E-state index contributed by atoms with van der Waals surface area (Å²) in [7, 11) is 1.70. The van der Waals surface area contributed by atoms with Crippen molar-refractivity contribution in [3.8, 4) is 16.9 Å². The van der Waals surface area contributed by atoms with E-state index in [9.17, 15) is 0 Å². The van der Waals surface area contributed by atoms with E-state index >= 15 is 0 Å². The second kappa shape index (κ2) is 7.59. The van der Waals surface area contributed by atoms with Gasteiger partial charge < -0.3 is 15.2 Å². The summed E-state index contributed by atoms with van der Waals surface area (Å²) in [6.45, 7) is 5.19. The van der Waals surface area contributed by atoms with Gasteiger partial charge in [-0.25, -0.2) is 0 Å². The second-order valence-corrected chi connectivity index (χ2v) is 5.82. The van der Waals surface area contributed by atoms with Gasteiger partial charge in [0.05, 0.1) is 20.3 Å². The van der Waals surface area contributed by atoms with Crippen LogP contribution in [0.25, 0.3) is 11.1 Å². The maximum Gasteiger partial charge on any atom is 0.126 e. The van der Waals surface area contributed by atoms with Crippen molar-refractivity contribution in [2.45, 2.75) is 13.1 Å². The fourth-order valence-electron chi connectivity index (χ4n) is 2.91. The molecule has 0 bridgehead atoms. The zero-order chi connectivity index (χ0) is 16.1. The Morgan fingerprint density at radius 3 is 2.39 bits per heavy atom. The molecule has 2 N–H and O–H groups in total. The smallest absolute Gasteiger partial charge is 0.126 e. The molecule has 1 saturated heterocycles. The highest BCUT2D eigenvalue weighted by atomic mass is 16.5. The van der Waals surface area contributed by atoms with E-state index in [0.717, 1.165) is 55.3 Å². The molecule has 0 radical (unpaired) electrons. The van der Waals surface area contributed by atoms with E-state index in [0.29, 0.717) is 6.54 Å². The van der Waals surface area contributed by atoms with Crippen LogP contribution >= 0.6 is 0 Å². The molecule has 1 aliphatic rings. The van der Waals surface area contributed by atoms with Gasteiger partial charge in [-0.15, -0.1) is 0 Å². The molecule has 0 atom stereocenters. The minimum Gasteiger partial charge on any atom is -0.496 e. The first-order chi connectivity index (χ1) is 11.3. The van der Waals surface area contributed by atoms with Crippen molar-refractivity contribution in [3.05, 3.63) is 53.6 Å². The molecule has 1 fully saturated rings. The van der Waals surface area contributed by atoms with Crippen LogP contribution in [0.5, 0.6) is 5.75 Å². The Morgan fingerprint density at radius 2 is 1.74 bits per heavy atom. The van der Waals surface area contributed by atoms with Gasteiger partial charge in [0.1, 0.15) is 5.75 Å². The normalized spacial score (nSPS) is 15.6. The van der Waals surface area contributed by atoms with Crippen LogP contribution in [0.15, 0.2) is 42.5 Å². The zero-order valence-corrected chi connectivity index (χ0v) is 13.6. The molecule has 0 unspecified atom stereocenters. The zero-order valence-electron chi connectivity index (χ0n) is 13.6. The van der Waals surface area contributed by atoms with Gasteiger partial charge in [0.15, 0.2) is 0 Å². The highest BCUT2D eigenvalue weighted by molar-refractivity contribution is 5.71. The highest BCUT2D eigenvalue weighted by Crippen LogP contribution is 2.31. The van der Waals surface area contributed by atoms with Crippen molar-refractivity contribution >= 4 is 0 Å². The molecule has 0 aromatic heterocycles. The van der Waals surface area contributed by atoms with E-state index in [-0.39, 0.29) is 0 Å². The van der Waals surface area contributed by atoms with Gasteiger partial charge in [-0.05, 0) is 28.8 Å². The van der Waals surface area contributed by atoms with E-state index in [1.165, 1.54) is 5.56 Å². The Morgan fingerprint density at radius 1 is 1.04 bits per heavy atom. The largest absolute Gasteiger partial charge is 0.496 e. The molecule has 4 heteroatoms. The molecule has 0 amide bonds. The SMILES string of the molecule is COc1ccc(CN)cc1-c1ccc(CN2CCOCC2)cc1. The maximum absolute atomic E-state index is 5.76. The number of morpholine rings is 1.